The van der Waals surface area contributed by atoms with E-state index in [1.165, 1.54) is 11.1 Å². The molecular formula is C21H33ClN2O. The Morgan fingerprint density at radius 2 is 1.76 bits per heavy atom. The lowest BCUT2D eigenvalue weighted by Gasteiger charge is -2.34. The fourth-order valence-electron chi connectivity index (χ4n) is 4.46. The average Bonchev–Trinajstić information content (AvgIpc) is 3.23. The molecule has 1 aromatic rings. The van der Waals surface area contributed by atoms with Crippen LogP contribution in [-0.2, 0) is 10.2 Å². The second-order valence-corrected chi connectivity index (χ2v) is 8.56. The lowest BCUT2D eigenvalue weighted by molar-refractivity contribution is -0.136. The van der Waals surface area contributed by atoms with Crippen LogP contribution in [0.1, 0.15) is 69.9 Å². The smallest absolute Gasteiger partial charge is 0.233 e. The molecule has 2 aliphatic rings. The number of amides is 1. The van der Waals surface area contributed by atoms with Crippen LogP contribution in [0, 0.1) is 5.41 Å². The van der Waals surface area contributed by atoms with Crippen LogP contribution >= 0.6 is 12.4 Å². The second-order valence-electron chi connectivity index (χ2n) is 8.56. The molecule has 1 amide bonds. The first kappa shape index (κ1) is 20.3. The molecule has 1 saturated carbocycles. The number of rotatable bonds is 4. The maximum absolute atomic E-state index is 13.5. The van der Waals surface area contributed by atoms with Gasteiger partial charge in [0.25, 0.3) is 0 Å². The van der Waals surface area contributed by atoms with E-state index in [4.69, 9.17) is 5.73 Å². The van der Waals surface area contributed by atoms with Crippen LogP contribution in [-0.4, -0.2) is 30.4 Å². The zero-order valence-corrected chi connectivity index (χ0v) is 16.7. The van der Waals surface area contributed by atoms with Crippen molar-refractivity contribution in [3.8, 4) is 0 Å². The number of carbonyl (C=O) groups excluding carboxylic acids is 1. The molecule has 0 radical (unpaired) electrons. The molecule has 1 saturated heterocycles. The van der Waals surface area contributed by atoms with Gasteiger partial charge >= 0.3 is 0 Å². The zero-order chi connectivity index (χ0) is 17.4. The van der Waals surface area contributed by atoms with Gasteiger partial charge in [0.2, 0.25) is 5.91 Å². The number of benzene rings is 1. The summed E-state index contributed by atoms with van der Waals surface area (Å²) in [6, 6.07) is 8.83. The first-order chi connectivity index (χ1) is 11.4. The van der Waals surface area contributed by atoms with Crippen LogP contribution in [0.5, 0.6) is 0 Å². The highest BCUT2D eigenvalue weighted by molar-refractivity contribution is 5.89. The minimum Gasteiger partial charge on any atom is -0.341 e. The predicted molar refractivity (Wildman–Crippen MR) is 106 cm³/mol. The molecule has 140 valence electrons. The van der Waals surface area contributed by atoms with E-state index in [9.17, 15) is 4.79 Å². The quantitative estimate of drug-likeness (QED) is 0.868. The highest BCUT2D eigenvalue weighted by atomic mass is 35.5. The van der Waals surface area contributed by atoms with Gasteiger partial charge in [-0.3, -0.25) is 4.79 Å². The molecule has 1 unspecified atom stereocenters. The average molecular weight is 365 g/mol. The first-order valence-corrected chi connectivity index (χ1v) is 9.50. The molecule has 2 fully saturated rings. The fourth-order valence-corrected chi connectivity index (χ4v) is 4.46. The van der Waals surface area contributed by atoms with Crippen molar-refractivity contribution in [2.75, 3.05) is 19.6 Å². The molecule has 3 nitrogen and oxygen atoms in total. The summed E-state index contributed by atoms with van der Waals surface area (Å²) in [6.07, 6.45) is 5.31. The van der Waals surface area contributed by atoms with E-state index in [1.807, 2.05) is 0 Å². The Morgan fingerprint density at radius 3 is 2.24 bits per heavy atom. The van der Waals surface area contributed by atoms with Gasteiger partial charge < -0.3 is 10.6 Å². The summed E-state index contributed by atoms with van der Waals surface area (Å²) in [5.41, 5.74) is 8.29. The molecule has 0 aromatic heterocycles. The van der Waals surface area contributed by atoms with Crippen LogP contribution in [0.3, 0.4) is 0 Å². The van der Waals surface area contributed by atoms with E-state index in [2.05, 4.69) is 49.9 Å². The molecule has 1 aliphatic heterocycles. The third-order valence-electron chi connectivity index (χ3n) is 6.33. The topological polar surface area (TPSA) is 46.3 Å². The number of likely N-dealkylation sites (tertiary alicyclic amines) is 1. The van der Waals surface area contributed by atoms with Crippen molar-refractivity contribution in [1.82, 2.24) is 4.90 Å². The zero-order valence-electron chi connectivity index (χ0n) is 15.9. The molecule has 0 spiro atoms. The van der Waals surface area contributed by atoms with Crippen molar-refractivity contribution in [1.29, 1.82) is 0 Å². The van der Waals surface area contributed by atoms with Gasteiger partial charge in [-0.2, -0.15) is 0 Å². The van der Waals surface area contributed by atoms with Gasteiger partial charge in [0.15, 0.2) is 0 Å². The summed E-state index contributed by atoms with van der Waals surface area (Å²) in [5.74, 6) is 0.868. The predicted octanol–water partition coefficient (Wildman–Crippen LogP) is 4.24. The minimum absolute atomic E-state index is 0. The molecule has 4 heteroatoms. The summed E-state index contributed by atoms with van der Waals surface area (Å²) in [7, 11) is 0. The summed E-state index contributed by atoms with van der Waals surface area (Å²) < 4.78 is 0. The van der Waals surface area contributed by atoms with Crippen molar-refractivity contribution >= 4 is 18.3 Å². The third-order valence-corrected chi connectivity index (χ3v) is 6.33. The Kier molecular flexibility index (Phi) is 6.22. The van der Waals surface area contributed by atoms with Crippen molar-refractivity contribution in [2.24, 2.45) is 11.1 Å². The van der Waals surface area contributed by atoms with E-state index >= 15 is 0 Å². The second kappa shape index (κ2) is 7.67. The molecule has 1 atom stereocenters. The highest BCUT2D eigenvalue weighted by Gasteiger charge is 2.47. The van der Waals surface area contributed by atoms with Crippen LogP contribution in [0.25, 0.3) is 0 Å². The lowest BCUT2D eigenvalue weighted by Crippen LogP contribution is -2.45. The summed E-state index contributed by atoms with van der Waals surface area (Å²) in [5, 5.41) is 0. The maximum atomic E-state index is 13.5. The van der Waals surface area contributed by atoms with Gasteiger partial charge in [-0.25, -0.2) is 0 Å². The molecule has 1 aromatic carbocycles. The van der Waals surface area contributed by atoms with Crippen LogP contribution in [0.2, 0.25) is 0 Å². The van der Waals surface area contributed by atoms with Gasteiger partial charge in [-0.05, 0) is 48.3 Å². The maximum Gasteiger partial charge on any atom is 0.233 e. The van der Waals surface area contributed by atoms with E-state index in [-0.39, 0.29) is 23.2 Å². The minimum atomic E-state index is -0.296. The number of halogens is 1. The Balaban J connectivity index is 0.00000225. The van der Waals surface area contributed by atoms with Crippen LogP contribution in [0.15, 0.2) is 24.3 Å². The molecule has 0 bridgehead atoms. The number of hydrogen-bond donors (Lipinski definition) is 1. The molecule has 1 heterocycles. The third kappa shape index (κ3) is 3.73. The molecule has 25 heavy (non-hydrogen) atoms. The summed E-state index contributed by atoms with van der Waals surface area (Å²) in [4.78, 5) is 15.6. The van der Waals surface area contributed by atoms with Crippen LogP contribution in [0.4, 0.5) is 0 Å². The molecule has 3 rings (SSSR count). The Hall–Kier alpha value is -1.06. The van der Waals surface area contributed by atoms with Gasteiger partial charge in [-0.1, -0.05) is 57.9 Å². The molecular weight excluding hydrogens is 332 g/mol. The summed E-state index contributed by atoms with van der Waals surface area (Å²) >= 11 is 0. The number of nitrogens with two attached hydrogens (primary N) is 1. The standard InChI is InChI=1S/C21H32N2O.ClH/c1-16(2)17-6-8-18(9-7-17)21(10-4-5-11-21)19(24)23-13-12-20(3,14-22)15-23;/h6-9,16H,4-5,10-15,22H2,1-3H3;1H. The number of hydrogen-bond acceptors (Lipinski definition) is 2. The highest BCUT2D eigenvalue weighted by Crippen LogP contribution is 2.44. The van der Waals surface area contributed by atoms with Gasteiger partial charge in [0.05, 0.1) is 5.41 Å². The fraction of sp³-hybridized carbons (Fsp3) is 0.667. The van der Waals surface area contributed by atoms with Gasteiger partial charge in [0, 0.05) is 13.1 Å². The normalized spacial score (nSPS) is 25.2. The van der Waals surface area contributed by atoms with E-state index in [0.29, 0.717) is 18.4 Å². The van der Waals surface area contributed by atoms with Gasteiger partial charge in [-0.15, -0.1) is 12.4 Å². The van der Waals surface area contributed by atoms with Crippen molar-refractivity contribution in [2.45, 2.75) is 64.2 Å². The monoisotopic (exact) mass is 364 g/mol. The first-order valence-electron chi connectivity index (χ1n) is 9.50. The number of carbonyl (C=O) groups is 1. The van der Waals surface area contributed by atoms with Crippen molar-refractivity contribution < 1.29 is 4.79 Å². The van der Waals surface area contributed by atoms with E-state index in [0.717, 1.165) is 45.2 Å². The Morgan fingerprint density at radius 1 is 1.16 bits per heavy atom. The van der Waals surface area contributed by atoms with E-state index in [1.54, 1.807) is 0 Å². The lowest BCUT2D eigenvalue weighted by atomic mass is 9.77. The summed E-state index contributed by atoms with van der Waals surface area (Å²) in [6.45, 7) is 8.96. The largest absolute Gasteiger partial charge is 0.341 e. The number of nitrogens with zero attached hydrogens (tertiary/aromatic N) is 1. The van der Waals surface area contributed by atoms with Crippen molar-refractivity contribution in [3.05, 3.63) is 35.4 Å². The Labute approximate surface area is 158 Å². The van der Waals surface area contributed by atoms with E-state index < -0.39 is 0 Å². The van der Waals surface area contributed by atoms with Crippen molar-refractivity contribution in [3.63, 3.8) is 0 Å². The molecule has 1 aliphatic carbocycles. The van der Waals surface area contributed by atoms with Gasteiger partial charge in [0.1, 0.15) is 0 Å². The SMILES string of the molecule is CC(C)c1ccc(C2(C(=O)N3CCC(C)(CN)C3)CCCC2)cc1.Cl. The Bertz CT molecular complexity index is 592. The molecule has 2 N–H and O–H groups in total. The van der Waals surface area contributed by atoms with Crippen LogP contribution < -0.4 is 5.73 Å².